The van der Waals surface area contributed by atoms with Crippen molar-refractivity contribution in [1.29, 1.82) is 0 Å². The number of amides is 1. The molecule has 164 valence electrons. The molecule has 0 aliphatic rings. The SMILES string of the molecule is COc1cc(OC)c(F)c(C(=O)c2cc3cc(NC(=O)OC(C)(C)C)ncc3o2)c1F. The number of carbonyl (C=O) groups excluding carboxylic acids is 2. The molecule has 0 aliphatic heterocycles. The van der Waals surface area contributed by atoms with Crippen molar-refractivity contribution in [2.24, 2.45) is 0 Å². The average Bonchev–Trinajstić information content (AvgIpc) is 3.10. The van der Waals surface area contributed by atoms with Gasteiger partial charge in [0.25, 0.3) is 0 Å². The van der Waals surface area contributed by atoms with Crippen LogP contribution in [0.3, 0.4) is 0 Å². The number of rotatable bonds is 5. The smallest absolute Gasteiger partial charge is 0.413 e. The van der Waals surface area contributed by atoms with E-state index in [2.05, 4.69) is 10.3 Å². The molecule has 10 heteroatoms. The van der Waals surface area contributed by atoms with Gasteiger partial charge in [-0.3, -0.25) is 10.1 Å². The predicted octanol–water partition coefficient (Wildman–Crippen LogP) is 4.70. The van der Waals surface area contributed by atoms with Gasteiger partial charge in [-0.1, -0.05) is 0 Å². The molecule has 8 nitrogen and oxygen atoms in total. The van der Waals surface area contributed by atoms with E-state index in [1.165, 1.54) is 32.5 Å². The van der Waals surface area contributed by atoms with E-state index in [0.717, 1.165) is 6.07 Å². The number of furan rings is 1. The topological polar surface area (TPSA) is 99.9 Å². The molecule has 0 saturated carbocycles. The number of pyridine rings is 1. The minimum absolute atomic E-state index is 0.141. The molecule has 0 spiro atoms. The van der Waals surface area contributed by atoms with Crippen LogP contribution in [0.5, 0.6) is 11.5 Å². The third kappa shape index (κ3) is 4.57. The maximum atomic E-state index is 14.6. The summed E-state index contributed by atoms with van der Waals surface area (Å²) in [4.78, 5) is 28.7. The Morgan fingerprint density at radius 3 is 2.19 bits per heavy atom. The van der Waals surface area contributed by atoms with Gasteiger partial charge in [0.15, 0.2) is 34.5 Å². The molecule has 0 aliphatic carbocycles. The molecular formula is C21H20F2N2O6. The van der Waals surface area contributed by atoms with Gasteiger partial charge in [0.1, 0.15) is 17.0 Å². The molecule has 2 heterocycles. The summed E-state index contributed by atoms with van der Waals surface area (Å²) >= 11 is 0. The predicted molar refractivity (Wildman–Crippen MR) is 107 cm³/mol. The van der Waals surface area contributed by atoms with Crippen LogP contribution in [-0.2, 0) is 4.74 Å². The van der Waals surface area contributed by atoms with Crippen LogP contribution in [0, 0.1) is 11.6 Å². The minimum Gasteiger partial charge on any atom is -0.494 e. The molecular weight excluding hydrogens is 414 g/mol. The molecule has 0 fully saturated rings. The lowest BCUT2D eigenvalue weighted by Crippen LogP contribution is -2.27. The van der Waals surface area contributed by atoms with E-state index in [0.29, 0.717) is 5.39 Å². The number of halogens is 2. The maximum absolute atomic E-state index is 14.6. The highest BCUT2D eigenvalue weighted by Crippen LogP contribution is 2.33. The lowest BCUT2D eigenvalue weighted by molar-refractivity contribution is 0.0635. The Kier molecular flexibility index (Phi) is 5.83. The Labute approximate surface area is 176 Å². The first-order valence-corrected chi connectivity index (χ1v) is 9.08. The standard InChI is InChI=1S/C21H20F2N2O6/c1-21(2,3)31-20(27)25-15-7-10-6-13(30-14(10)9-24-15)19(26)16-17(22)11(28-4)8-12(29-5)18(16)23/h6-9H,1-5H3,(H,24,25,27). The van der Waals surface area contributed by atoms with Crippen LogP contribution in [0.4, 0.5) is 19.4 Å². The summed E-state index contributed by atoms with van der Waals surface area (Å²) in [6.45, 7) is 5.13. The molecule has 0 unspecified atom stereocenters. The molecule has 0 radical (unpaired) electrons. The van der Waals surface area contributed by atoms with Crippen LogP contribution in [-0.4, -0.2) is 36.7 Å². The zero-order chi connectivity index (χ0) is 22.9. The van der Waals surface area contributed by atoms with Crippen LogP contribution in [0.1, 0.15) is 36.9 Å². The van der Waals surface area contributed by atoms with Gasteiger partial charge in [-0.05, 0) is 32.9 Å². The van der Waals surface area contributed by atoms with Crippen molar-refractivity contribution >= 4 is 28.7 Å². The third-order valence-electron chi connectivity index (χ3n) is 4.06. The van der Waals surface area contributed by atoms with E-state index in [4.69, 9.17) is 18.6 Å². The van der Waals surface area contributed by atoms with Crippen molar-refractivity contribution < 1.29 is 37.0 Å². The summed E-state index contributed by atoms with van der Waals surface area (Å²) in [7, 11) is 2.35. The summed E-state index contributed by atoms with van der Waals surface area (Å²) in [5.41, 5.74) is -1.40. The number of anilines is 1. The first kappa shape index (κ1) is 22.0. The molecule has 3 aromatic rings. The fraction of sp³-hybridized carbons (Fsp3) is 0.286. The second kappa shape index (κ2) is 8.21. The first-order valence-electron chi connectivity index (χ1n) is 9.08. The number of ketones is 1. The number of aromatic nitrogens is 1. The second-order valence-electron chi connectivity index (χ2n) is 7.46. The number of hydrogen-bond acceptors (Lipinski definition) is 7. The molecule has 0 saturated heterocycles. The highest BCUT2D eigenvalue weighted by Gasteiger charge is 2.28. The van der Waals surface area contributed by atoms with E-state index in [9.17, 15) is 18.4 Å². The summed E-state index contributed by atoms with van der Waals surface area (Å²) in [6.07, 6.45) is 0.546. The second-order valence-corrected chi connectivity index (χ2v) is 7.46. The summed E-state index contributed by atoms with van der Waals surface area (Å²) < 4.78 is 49.5. The summed E-state index contributed by atoms with van der Waals surface area (Å²) in [5, 5.41) is 2.83. The number of nitrogens with one attached hydrogen (secondary N) is 1. The van der Waals surface area contributed by atoms with Crippen molar-refractivity contribution in [2.45, 2.75) is 26.4 Å². The van der Waals surface area contributed by atoms with E-state index >= 15 is 0 Å². The van der Waals surface area contributed by atoms with Crippen molar-refractivity contribution in [3.63, 3.8) is 0 Å². The molecule has 1 N–H and O–H groups in total. The quantitative estimate of drug-likeness (QED) is 0.581. The van der Waals surface area contributed by atoms with Crippen LogP contribution < -0.4 is 14.8 Å². The van der Waals surface area contributed by atoms with E-state index in [1.807, 2.05) is 0 Å². The van der Waals surface area contributed by atoms with Crippen molar-refractivity contribution in [1.82, 2.24) is 4.98 Å². The van der Waals surface area contributed by atoms with Gasteiger partial charge in [0.05, 0.1) is 20.4 Å². The Morgan fingerprint density at radius 2 is 1.65 bits per heavy atom. The molecule has 2 aromatic heterocycles. The average molecular weight is 434 g/mol. The third-order valence-corrected chi connectivity index (χ3v) is 4.06. The lowest BCUT2D eigenvalue weighted by atomic mass is 10.1. The van der Waals surface area contributed by atoms with Gasteiger partial charge < -0.3 is 18.6 Å². The molecule has 3 rings (SSSR count). The van der Waals surface area contributed by atoms with Crippen LogP contribution in [0.25, 0.3) is 11.0 Å². The van der Waals surface area contributed by atoms with Crippen LogP contribution in [0.15, 0.2) is 28.8 Å². The molecule has 0 atom stereocenters. The normalized spacial score (nSPS) is 11.3. The number of benzene rings is 1. The molecule has 0 bridgehead atoms. The first-order chi connectivity index (χ1) is 14.5. The maximum Gasteiger partial charge on any atom is 0.413 e. The Bertz CT molecular complexity index is 1140. The number of ether oxygens (including phenoxy) is 3. The van der Waals surface area contributed by atoms with Crippen LogP contribution in [0.2, 0.25) is 0 Å². The summed E-state index contributed by atoms with van der Waals surface area (Å²) in [5.74, 6) is -4.33. The number of fused-ring (bicyclic) bond motifs is 1. The highest BCUT2D eigenvalue weighted by atomic mass is 19.1. The van der Waals surface area contributed by atoms with Crippen molar-refractivity contribution in [2.75, 3.05) is 19.5 Å². The zero-order valence-electron chi connectivity index (χ0n) is 17.5. The number of methoxy groups -OCH3 is 2. The van der Waals surface area contributed by atoms with E-state index in [1.54, 1.807) is 20.8 Å². The van der Waals surface area contributed by atoms with Gasteiger partial charge in [-0.15, -0.1) is 0 Å². The number of carbonyl (C=O) groups is 2. The van der Waals surface area contributed by atoms with Gasteiger partial charge in [0, 0.05) is 11.5 Å². The largest absolute Gasteiger partial charge is 0.494 e. The Balaban J connectivity index is 1.96. The van der Waals surface area contributed by atoms with Gasteiger partial charge in [0.2, 0.25) is 5.78 Å². The zero-order valence-corrected chi connectivity index (χ0v) is 17.5. The number of nitrogens with zero attached hydrogens (tertiary/aromatic N) is 1. The minimum atomic E-state index is -1.18. The van der Waals surface area contributed by atoms with Gasteiger partial charge in [-0.25, -0.2) is 18.6 Å². The van der Waals surface area contributed by atoms with Crippen molar-refractivity contribution in [3.8, 4) is 11.5 Å². The van der Waals surface area contributed by atoms with Crippen molar-refractivity contribution in [3.05, 3.63) is 47.4 Å². The molecule has 1 aromatic carbocycles. The Morgan fingerprint density at radius 1 is 1.03 bits per heavy atom. The fourth-order valence-corrected chi connectivity index (χ4v) is 2.74. The van der Waals surface area contributed by atoms with E-state index in [-0.39, 0.29) is 28.7 Å². The van der Waals surface area contributed by atoms with Gasteiger partial charge >= 0.3 is 6.09 Å². The lowest BCUT2D eigenvalue weighted by Gasteiger charge is -2.19. The molecule has 31 heavy (non-hydrogen) atoms. The van der Waals surface area contributed by atoms with Gasteiger partial charge in [-0.2, -0.15) is 0 Å². The monoisotopic (exact) mass is 434 g/mol. The summed E-state index contributed by atoms with van der Waals surface area (Å²) in [6, 6.07) is 3.71. The van der Waals surface area contributed by atoms with E-state index < -0.39 is 34.7 Å². The number of hydrogen-bond donors (Lipinski definition) is 1. The fourth-order valence-electron chi connectivity index (χ4n) is 2.74. The Hall–Kier alpha value is -3.69. The highest BCUT2D eigenvalue weighted by molar-refractivity contribution is 6.10. The van der Waals surface area contributed by atoms with Crippen LogP contribution >= 0.6 is 0 Å². The molecule has 1 amide bonds.